The third kappa shape index (κ3) is 5.81. The highest BCUT2D eigenvalue weighted by Gasteiger charge is 2.10. The number of rotatable bonds is 6. The summed E-state index contributed by atoms with van der Waals surface area (Å²) in [5.41, 5.74) is 2.52. The van der Waals surface area contributed by atoms with E-state index < -0.39 is 0 Å². The Morgan fingerprint density at radius 3 is 2.84 bits per heavy atom. The molecule has 25 heavy (non-hydrogen) atoms. The van der Waals surface area contributed by atoms with E-state index in [0.29, 0.717) is 11.7 Å². The van der Waals surface area contributed by atoms with Crippen molar-refractivity contribution in [2.45, 2.75) is 33.2 Å². The van der Waals surface area contributed by atoms with Crippen LogP contribution in [0.25, 0.3) is 6.08 Å². The molecule has 1 heterocycles. The van der Waals surface area contributed by atoms with Crippen LogP contribution in [-0.4, -0.2) is 22.2 Å². The molecule has 0 radical (unpaired) electrons. The largest absolute Gasteiger partial charge is 0.342 e. The van der Waals surface area contributed by atoms with Crippen LogP contribution in [0.1, 0.15) is 36.6 Å². The highest BCUT2D eigenvalue weighted by molar-refractivity contribution is 6.31. The van der Waals surface area contributed by atoms with Gasteiger partial charge in [-0.1, -0.05) is 55.0 Å². The van der Waals surface area contributed by atoms with E-state index in [2.05, 4.69) is 29.2 Å². The van der Waals surface area contributed by atoms with Gasteiger partial charge < -0.3 is 5.32 Å². The number of nitrogens with zero attached hydrogens (tertiary/aromatic N) is 2. The molecule has 1 N–H and O–H groups in total. The van der Waals surface area contributed by atoms with E-state index in [-0.39, 0.29) is 5.91 Å². The van der Waals surface area contributed by atoms with Gasteiger partial charge in [0.05, 0.1) is 12.2 Å². The molecule has 0 fully saturated rings. The first-order chi connectivity index (χ1) is 12.1. The molecule has 0 unspecified atom stereocenters. The first-order valence-electron chi connectivity index (χ1n) is 8.34. The van der Waals surface area contributed by atoms with Crippen molar-refractivity contribution in [1.82, 2.24) is 15.1 Å². The fourth-order valence-electron chi connectivity index (χ4n) is 2.23. The molecular weight excluding hydrogens is 334 g/mol. The van der Waals surface area contributed by atoms with Crippen LogP contribution in [0.15, 0.2) is 36.4 Å². The van der Waals surface area contributed by atoms with Gasteiger partial charge in [-0.25, -0.2) is 0 Å². The maximum absolute atomic E-state index is 11.9. The second kappa shape index (κ2) is 9.71. The minimum absolute atomic E-state index is 0.209. The number of halogens is 1. The van der Waals surface area contributed by atoms with Gasteiger partial charge in [0.15, 0.2) is 0 Å². The van der Waals surface area contributed by atoms with Crippen molar-refractivity contribution in [3.8, 4) is 11.8 Å². The Labute approximate surface area is 153 Å². The quantitative estimate of drug-likeness (QED) is 0.632. The van der Waals surface area contributed by atoms with Gasteiger partial charge in [-0.2, -0.15) is 5.10 Å². The van der Waals surface area contributed by atoms with Crippen molar-refractivity contribution in [2.24, 2.45) is 0 Å². The molecule has 1 aromatic carbocycles. The highest BCUT2D eigenvalue weighted by Crippen LogP contribution is 2.21. The Kier molecular flexibility index (Phi) is 7.31. The van der Waals surface area contributed by atoms with Gasteiger partial charge in [0.1, 0.15) is 5.15 Å². The van der Waals surface area contributed by atoms with Crippen molar-refractivity contribution < 1.29 is 4.79 Å². The Morgan fingerprint density at radius 1 is 1.36 bits per heavy atom. The van der Waals surface area contributed by atoms with Crippen LogP contribution < -0.4 is 5.32 Å². The van der Waals surface area contributed by atoms with Gasteiger partial charge in [0.2, 0.25) is 5.91 Å². The first kappa shape index (κ1) is 18.8. The van der Waals surface area contributed by atoms with Crippen LogP contribution in [0, 0.1) is 18.8 Å². The van der Waals surface area contributed by atoms with E-state index in [9.17, 15) is 4.79 Å². The summed E-state index contributed by atoms with van der Waals surface area (Å²) in [7, 11) is 0. The number of benzene rings is 1. The van der Waals surface area contributed by atoms with Crippen molar-refractivity contribution >= 4 is 23.6 Å². The van der Waals surface area contributed by atoms with Gasteiger partial charge in [-0.15, -0.1) is 0 Å². The lowest BCUT2D eigenvalue weighted by Crippen LogP contribution is -2.20. The van der Waals surface area contributed by atoms with Crippen molar-refractivity contribution in [2.75, 3.05) is 6.54 Å². The summed E-state index contributed by atoms with van der Waals surface area (Å²) in [5, 5.41) is 7.72. The number of aryl methyl sites for hydroxylation is 2. The zero-order valence-electron chi connectivity index (χ0n) is 14.6. The number of amides is 1. The standard InChI is InChI=1S/C20H22ClN3O/c1-3-4-15-24-20(21)18(16(2)23-24)12-13-19(25)22-14-8-11-17-9-6-5-7-10-17/h5-7,9-10,12-13H,3-4,14-15H2,1-2H3,(H,22,25)/b13-12+. The van der Waals surface area contributed by atoms with E-state index >= 15 is 0 Å². The lowest BCUT2D eigenvalue weighted by atomic mass is 10.2. The zero-order valence-corrected chi connectivity index (χ0v) is 15.3. The molecule has 0 saturated carbocycles. The maximum Gasteiger partial charge on any atom is 0.244 e. The molecule has 4 nitrogen and oxygen atoms in total. The second-order valence-corrected chi connectivity index (χ2v) is 5.94. The van der Waals surface area contributed by atoms with Gasteiger partial charge in [0, 0.05) is 23.7 Å². The molecule has 0 aliphatic rings. The molecule has 130 valence electrons. The molecule has 5 heteroatoms. The summed E-state index contributed by atoms with van der Waals surface area (Å²) in [4.78, 5) is 11.9. The predicted octanol–water partition coefficient (Wildman–Crippen LogP) is 3.83. The molecule has 1 aromatic heterocycles. The van der Waals surface area contributed by atoms with Crippen LogP contribution >= 0.6 is 11.6 Å². The molecule has 1 amide bonds. The van der Waals surface area contributed by atoms with E-state index in [1.807, 2.05) is 37.3 Å². The Hall–Kier alpha value is -2.51. The normalized spacial score (nSPS) is 10.5. The first-order valence-corrected chi connectivity index (χ1v) is 8.72. The number of unbranched alkanes of at least 4 members (excludes halogenated alkanes) is 1. The van der Waals surface area contributed by atoms with E-state index in [4.69, 9.17) is 11.6 Å². The summed E-state index contributed by atoms with van der Waals surface area (Å²) >= 11 is 6.34. The van der Waals surface area contributed by atoms with Gasteiger partial charge >= 0.3 is 0 Å². The van der Waals surface area contributed by atoms with Crippen LogP contribution in [0.3, 0.4) is 0 Å². The van der Waals surface area contributed by atoms with Crippen LogP contribution in [0.5, 0.6) is 0 Å². The van der Waals surface area contributed by atoms with Crippen molar-refractivity contribution in [1.29, 1.82) is 0 Å². The van der Waals surface area contributed by atoms with E-state index in [1.54, 1.807) is 10.8 Å². The smallest absolute Gasteiger partial charge is 0.244 e. The van der Waals surface area contributed by atoms with Gasteiger partial charge in [-0.3, -0.25) is 9.48 Å². The molecule has 0 bridgehead atoms. The SMILES string of the molecule is CCCCn1nc(C)c(/C=C/C(=O)NCC#Cc2ccccc2)c1Cl. The average Bonchev–Trinajstić information content (AvgIpc) is 2.89. The molecule has 0 spiro atoms. The number of hydrogen-bond donors (Lipinski definition) is 1. The number of carbonyl (C=O) groups is 1. The number of hydrogen-bond acceptors (Lipinski definition) is 2. The lowest BCUT2D eigenvalue weighted by molar-refractivity contribution is -0.116. The number of nitrogens with one attached hydrogen (secondary N) is 1. The Bertz CT molecular complexity index is 798. The average molecular weight is 356 g/mol. The highest BCUT2D eigenvalue weighted by atomic mass is 35.5. The fourth-order valence-corrected chi connectivity index (χ4v) is 2.55. The third-order valence-corrected chi connectivity index (χ3v) is 3.99. The molecule has 0 saturated heterocycles. The second-order valence-electron chi connectivity index (χ2n) is 5.59. The Balaban J connectivity index is 1.90. The zero-order chi connectivity index (χ0) is 18.1. The predicted molar refractivity (Wildman–Crippen MR) is 102 cm³/mol. The van der Waals surface area contributed by atoms with Crippen molar-refractivity contribution in [3.05, 3.63) is 58.4 Å². The van der Waals surface area contributed by atoms with Crippen LogP contribution in [0.2, 0.25) is 5.15 Å². The lowest BCUT2D eigenvalue weighted by Gasteiger charge is -2.00. The number of carbonyl (C=O) groups excluding carboxylic acids is 1. The summed E-state index contributed by atoms with van der Waals surface area (Å²) < 4.78 is 1.78. The van der Waals surface area contributed by atoms with Crippen LogP contribution in [0.4, 0.5) is 0 Å². The molecule has 2 aromatic rings. The van der Waals surface area contributed by atoms with Gasteiger partial charge in [-0.05, 0) is 31.6 Å². The minimum Gasteiger partial charge on any atom is -0.342 e. The summed E-state index contributed by atoms with van der Waals surface area (Å²) in [6.07, 6.45) is 5.26. The fraction of sp³-hybridized carbons (Fsp3) is 0.300. The van der Waals surface area contributed by atoms with E-state index in [0.717, 1.165) is 36.2 Å². The minimum atomic E-state index is -0.209. The molecular formula is C20H22ClN3O. The number of aromatic nitrogens is 2. The van der Waals surface area contributed by atoms with Gasteiger partial charge in [0.25, 0.3) is 0 Å². The van der Waals surface area contributed by atoms with Crippen LogP contribution in [-0.2, 0) is 11.3 Å². The molecule has 0 atom stereocenters. The molecule has 0 aliphatic heterocycles. The third-order valence-electron chi connectivity index (χ3n) is 3.59. The summed E-state index contributed by atoms with van der Waals surface area (Å²) in [5.74, 6) is 5.70. The Morgan fingerprint density at radius 2 is 2.12 bits per heavy atom. The monoisotopic (exact) mass is 355 g/mol. The maximum atomic E-state index is 11.9. The topological polar surface area (TPSA) is 46.9 Å². The van der Waals surface area contributed by atoms with E-state index in [1.165, 1.54) is 6.08 Å². The summed E-state index contributed by atoms with van der Waals surface area (Å²) in [6.45, 7) is 5.08. The molecule has 0 aliphatic carbocycles. The molecule has 2 rings (SSSR count). The van der Waals surface area contributed by atoms with Crippen molar-refractivity contribution in [3.63, 3.8) is 0 Å². The summed E-state index contributed by atoms with van der Waals surface area (Å²) in [6, 6.07) is 9.65.